The van der Waals surface area contributed by atoms with E-state index in [1.54, 1.807) is 0 Å². The predicted octanol–water partition coefficient (Wildman–Crippen LogP) is 4.75. The normalized spacial score (nSPS) is 21.8. The van der Waals surface area contributed by atoms with Gasteiger partial charge in [-0.1, -0.05) is 46.3 Å². The number of hydrogen-bond acceptors (Lipinski definition) is 2. The lowest BCUT2D eigenvalue weighted by Gasteiger charge is -2.32. The molecule has 2 aromatic carbocycles. The van der Waals surface area contributed by atoms with Gasteiger partial charge in [-0.3, -0.25) is 0 Å². The highest BCUT2D eigenvalue weighted by atomic mass is 79.9. The Hall–Kier alpha value is -1.16. The molecule has 24 heavy (non-hydrogen) atoms. The van der Waals surface area contributed by atoms with E-state index in [2.05, 4.69) is 70.3 Å². The third-order valence-corrected chi connectivity index (χ3v) is 5.88. The van der Waals surface area contributed by atoms with E-state index >= 15 is 0 Å². The molecule has 1 heterocycles. The van der Waals surface area contributed by atoms with Crippen LogP contribution in [-0.4, -0.2) is 31.1 Å². The maximum atomic E-state index is 6.72. The Balaban J connectivity index is 1.71. The third-order valence-electron chi connectivity index (χ3n) is 5.39. The lowest BCUT2D eigenvalue weighted by molar-refractivity contribution is -0.0236. The molecule has 3 heteroatoms. The van der Waals surface area contributed by atoms with Gasteiger partial charge in [0.1, 0.15) is 6.10 Å². The summed E-state index contributed by atoms with van der Waals surface area (Å²) in [5.41, 5.74) is 5.55. The Morgan fingerprint density at radius 1 is 0.958 bits per heavy atom. The number of halogens is 1. The first-order chi connectivity index (χ1) is 11.7. The van der Waals surface area contributed by atoms with Crippen LogP contribution >= 0.6 is 15.9 Å². The second kappa shape index (κ2) is 6.99. The van der Waals surface area contributed by atoms with Gasteiger partial charge in [-0.25, -0.2) is 0 Å². The molecular formula is C21H24BrNO. The van der Waals surface area contributed by atoms with E-state index in [0.29, 0.717) is 6.10 Å². The minimum absolute atomic E-state index is 0.0598. The number of benzene rings is 2. The van der Waals surface area contributed by atoms with Gasteiger partial charge in [0.25, 0.3) is 0 Å². The van der Waals surface area contributed by atoms with Crippen molar-refractivity contribution in [1.29, 1.82) is 0 Å². The lowest BCUT2D eigenvalue weighted by Crippen LogP contribution is -2.35. The molecule has 1 saturated heterocycles. The minimum atomic E-state index is 0.0598. The molecule has 2 aromatic rings. The van der Waals surface area contributed by atoms with Gasteiger partial charge in [0.15, 0.2) is 0 Å². The molecule has 0 spiro atoms. The average molecular weight is 386 g/mol. The molecule has 0 N–H and O–H groups in total. The smallest absolute Gasteiger partial charge is 0.108 e. The van der Waals surface area contributed by atoms with Crippen molar-refractivity contribution in [3.8, 4) is 0 Å². The van der Waals surface area contributed by atoms with Crippen LogP contribution < -0.4 is 0 Å². The van der Waals surface area contributed by atoms with E-state index in [4.69, 9.17) is 4.74 Å². The Bertz CT molecular complexity index is 722. The van der Waals surface area contributed by atoms with Crippen molar-refractivity contribution in [1.82, 2.24) is 4.90 Å². The van der Waals surface area contributed by atoms with E-state index < -0.39 is 0 Å². The zero-order valence-corrected chi connectivity index (χ0v) is 15.8. The van der Waals surface area contributed by atoms with Crippen molar-refractivity contribution in [2.45, 2.75) is 37.9 Å². The highest BCUT2D eigenvalue weighted by molar-refractivity contribution is 9.10. The van der Waals surface area contributed by atoms with E-state index in [1.807, 2.05) is 0 Å². The molecule has 1 aliphatic carbocycles. The van der Waals surface area contributed by atoms with Crippen molar-refractivity contribution in [2.24, 2.45) is 0 Å². The number of likely N-dealkylation sites (tertiary alicyclic amines) is 1. The largest absolute Gasteiger partial charge is 0.365 e. The maximum absolute atomic E-state index is 6.72. The zero-order chi connectivity index (χ0) is 16.5. The number of hydrogen-bond donors (Lipinski definition) is 0. The SMILES string of the molecule is CN1CCC(OC2c3ccccc3CCc3ccc(Br)cc32)CC1. The Labute approximate surface area is 153 Å². The summed E-state index contributed by atoms with van der Waals surface area (Å²) in [5, 5.41) is 0. The van der Waals surface area contributed by atoms with Gasteiger partial charge in [0.05, 0.1) is 6.10 Å². The van der Waals surface area contributed by atoms with Crippen LogP contribution in [0.4, 0.5) is 0 Å². The Morgan fingerprint density at radius 3 is 2.46 bits per heavy atom. The molecule has 0 bridgehead atoms. The van der Waals surface area contributed by atoms with E-state index in [1.165, 1.54) is 22.3 Å². The van der Waals surface area contributed by atoms with Crippen LogP contribution in [0.15, 0.2) is 46.9 Å². The van der Waals surface area contributed by atoms with E-state index in [-0.39, 0.29) is 6.10 Å². The van der Waals surface area contributed by atoms with Crippen molar-refractivity contribution in [2.75, 3.05) is 20.1 Å². The molecule has 0 radical (unpaired) electrons. The second-order valence-electron chi connectivity index (χ2n) is 7.06. The lowest BCUT2D eigenvalue weighted by atomic mass is 9.96. The van der Waals surface area contributed by atoms with Crippen molar-refractivity contribution in [3.05, 3.63) is 69.2 Å². The molecule has 2 nitrogen and oxygen atoms in total. The fourth-order valence-electron chi connectivity index (χ4n) is 3.95. The number of nitrogens with zero attached hydrogens (tertiary/aromatic N) is 1. The van der Waals surface area contributed by atoms with Gasteiger partial charge in [-0.2, -0.15) is 0 Å². The van der Waals surface area contributed by atoms with Gasteiger partial charge in [-0.15, -0.1) is 0 Å². The van der Waals surface area contributed by atoms with Gasteiger partial charge < -0.3 is 9.64 Å². The molecule has 0 saturated carbocycles. The van der Waals surface area contributed by atoms with Crippen molar-refractivity contribution in [3.63, 3.8) is 0 Å². The number of fused-ring (bicyclic) bond motifs is 2. The number of piperidine rings is 1. The molecule has 1 fully saturated rings. The Kier molecular flexibility index (Phi) is 4.75. The van der Waals surface area contributed by atoms with Gasteiger partial charge >= 0.3 is 0 Å². The van der Waals surface area contributed by atoms with E-state index in [9.17, 15) is 0 Å². The Morgan fingerprint density at radius 2 is 1.67 bits per heavy atom. The van der Waals surface area contributed by atoms with Crippen LogP contribution in [0.3, 0.4) is 0 Å². The number of rotatable bonds is 2. The minimum Gasteiger partial charge on any atom is -0.365 e. The van der Waals surface area contributed by atoms with Gasteiger partial charge in [-0.05, 0) is 67.1 Å². The summed E-state index contributed by atoms with van der Waals surface area (Å²) >= 11 is 3.65. The van der Waals surface area contributed by atoms with Crippen molar-refractivity contribution >= 4 is 15.9 Å². The van der Waals surface area contributed by atoms with Crippen LogP contribution in [0.25, 0.3) is 0 Å². The average Bonchev–Trinajstić information content (AvgIpc) is 2.74. The van der Waals surface area contributed by atoms with Crippen LogP contribution in [0, 0.1) is 0 Å². The quantitative estimate of drug-likeness (QED) is 0.739. The first-order valence-corrected chi connectivity index (χ1v) is 9.70. The van der Waals surface area contributed by atoms with Gasteiger partial charge in [0, 0.05) is 17.6 Å². The number of aryl methyl sites for hydroxylation is 2. The van der Waals surface area contributed by atoms with Gasteiger partial charge in [0.2, 0.25) is 0 Å². The summed E-state index contributed by atoms with van der Waals surface area (Å²) < 4.78 is 7.86. The van der Waals surface area contributed by atoms with Crippen molar-refractivity contribution < 1.29 is 4.74 Å². The topological polar surface area (TPSA) is 12.5 Å². The first kappa shape index (κ1) is 16.3. The van der Waals surface area contributed by atoms with E-state index in [0.717, 1.165) is 43.2 Å². The molecule has 1 unspecified atom stereocenters. The van der Waals surface area contributed by atoms with Crippen LogP contribution in [0.2, 0.25) is 0 Å². The summed E-state index contributed by atoms with van der Waals surface area (Å²) in [6.45, 7) is 2.26. The first-order valence-electron chi connectivity index (χ1n) is 8.91. The third kappa shape index (κ3) is 3.30. The summed E-state index contributed by atoms with van der Waals surface area (Å²) in [6.07, 6.45) is 4.84. The zero-order valence-electron chi connectivity index (χ0n) is 14.2. The maximum Gasteiger partial charge on any atom is 0.108 e. The standard InChI is InChI=1S/C21H24BrNO/c1-23-12-10-18(11-13-23)24-21-19-5-3-2-4-15(19)6-7-16-8-9-17(22)14-20(16)21/h2-5,8-9,14,18,21H,6-7,10-13H2,1H3. The monoisotopic (exact) mass is 385 g/mol. The molecule has 0 amide bonds. The highest BCUT2D eigenvalue weighted by Gasteiger charge is 2.28. The summed E-state index contributed by atoms with van der Waals surface area (Å²) in [7, 11) is 2.20. The van der Waals surface area contributed by atoms with Crippen LogP contribution in [-0.2, 0) is 17.6 Å². The molecule has 1 aliphatic heterocycles. The van der Waals surface area contributed by atoms with Crippen LogP contribution in [0.1, 0.15) is 41.2 Å². The predicted molar refractivity (Wildman–Crippen MR) is 101 cm³/mol. The fourth-order valence-corrected chi connectivity index (χ4v) is 4.33. The van der Waals surface area contributed by atoms with Crippen LogP contribution in [0.5, 0.6) is 0 Å². The summed E-state index contributed by atoms with van der Waals surface area (Å²) in [6, 6.07) is 15.5. The molecule has 126 valence electrons. The molecule has 1 atom stereocenters. The second-order valence-corrected chi connectivity index (χ2v) is 7.98. The molecule has 4 rings (SSSR count). The highest BCUT2D eigenvalue weighted by Crippen LogP contribution is 2.38. The molecule has 2 aliphatic rings. The summed E-state index contributed by atoms with van der Waals surface area (Å²) in [4.78, 5) is 2.39. The summed E-state index contributed by atoms with van der Waals surface area (Å²) in [5.74, 6) is 0. The fraction of sp³-hybridized carbons (Fsp3) is 0.429. The number of ether oxygens (including phenoxy) is 1. The molecule has 0 aromatic heterocycles. The molecular weight excluding hydrogens is 362 g/mol.